The molecule has 0 bridgehead atoms. The quantitative estimate of drug-likeness (QED) is 0.242. The molecule has 2 nitrogen and oxygen atoms in total. The average Bonchev–Trinajstić information content (AvgIpc) is 2.46. The van der Waals surface area contributed by atoms with Gasteiger partial charge in [-0.15, -0.1) is 0 Å². The van der Waals surface area contributed by atoms with Crippen molar-refractivity contribution < 1.29 is 9.53 Å². The van der Waals surface area contributed by atoms with Crippen molar-refractivity contribution in [2.75, 3.05) is 6.61 Å². The molecule has 0 fully saturated rings. The highest BCUT2D eigenvalue weighted by Crippen LogP contribution is 2.10. The van der Waals surface area contributed by atoms with Gasteiger partial charge >= 0.3 is 5.97 Å². The molecule has 0 atom stereocenters. The van der Waals surface area contributed by atoms with E-state index in [1.165, 1.54) is 51.4 Å². The van der Waals surface area contributed by atoms with Crippen molar-refractivity contribution in [3.8, 4) is 0 Å². The number of allylic oxidation sites excluding steroid dienone is 1. The fourth-order valence-electron chi connectivity index (χ4n) is 2.14. The minimum atomic E-state index is -0.141. The number of hydrogen-bond acceptors (Lipinski definition) is 2. The monoisotopic (exact) mass is 282 g/mol. The lowest BCUT2D eigenvalue weighted by molar-refractivity contribution is -0.139. The molecule has 0 rings (SSSR count). The topological polar surface area (TPSA) is 26.3 Å². The van der Waals surface area contributed by atoms with Gasteiger partial charge in [0.1, 0.15) is 0 Å². The van der Waals surface area contributed by atoms with Crippen LogP contribution < -0.4 is 0 Å². The molecule has 0 radical (unpaired) electrons. The van der Waals surface area contributed by atoms with E-state index >= 15 is 0 Å². The maximum absolute atomic E-state index is 11.6. The second-order valence-corrected chi connectivity index (χ2v) is 5.64. The normalized spacial score (nSPS) is 11.7. The SMILES string of the molecule is CCCC=C(C)C(=O)OCCCCCCCCCCC. The largest absolute Gasteiger partial charge is 0.462 e. The molecule has 2 heteroatoms. The molecule has 0 aromatic rings. The van der Waals surface area contributed by atoms with E-state index in [2.05, 4.69) is 13.8 Å². The van der Waals surface area contributed by atoms with Gasteiger partial charge in [0.05, 0.1) is 6.61 Å². The first-order valence-electron chi connectivity index (χ1n) is 8.56. The zero-order valence-electron chi connectivity index (χ0n) is 13.9. The van der Waals surface area contributed by atoms with Crippen molar-refractivity contribution in [2.45, 2.75) is 91.4 Å². The molecule has 118 valence electrons. The van der Waals surface area contributed by atoms with Crippen LogP contribution in [0.1, 0.15) is 91.4 Å². The predicted octanol–water partition coefficient (Wildman–Crippen LogP) is 5.81. The Balaban J connectivity index is 3.33. The van der Waals surface area contributed by atoms with Crippen LogP contribution in [0.5, 0.6) is 0 Å². The molecule has 0 saturated carbocycles. The first-order valence-corrected chi connectivity index (χ1v) is 8.56. The molecule has 20 heavy (non-hydrogen) atoms. The molecular formula is C18H34O2. The van der Waals surface area contributed by atoms with Crippen molar-refractivity contribution in [1.29, 1.82) is 0 Å². The summed E-state index contributed by atoms with van der Waals surface area (Å²) in [5, 5.41) is 0. The molecule has 0 heterocycles. The summed E-state index contributed by atoms with van der Waals surface area (Å²) in [6.07, 6.45) is 15.6. The lowest BCUT2D eigenvalue weighted by Gasteiger charge is -2.05. The van der Waals surface area contributed by atoms with Gasteiger partial charge < -0.3 is 4.74 Å². The van der Waals surface area contributed by atoms with Crippen LogP contribution in [0.25, 0.3) is 0 Å². The second-order valence-electron chi connectivity index (χ2n) is 5.64. The lowest BCUT2D eigenvalue weighted by Crippen LogP contribution is -2.07. The van der Waals surface area contributed by atoms with E-state index in [4.69, 9.17) is 4.74 Å². The minimum Gasteiger partial charge on any atom is -0.462 e. The Hall–Kier alpha value is -0.790. The smallest absolute Gasteiger partial charge is 0.333 e. The van der Waals surface area contributed by atoms with Crippen molar-refractivity contribution in [1.82, 2.24) is 0 Å². The number of rotatable bonds is 13. The van der Waals surface area contributed by atoms with Gasteiger partial charge in [-0.05, 0) is 19.8 Å². The van der Waals surface area contributed by atoms with Gasteiger partial charge in [0.15, 0.2) is 0 Å². The molecular weight excluding hydrogens is 248 g/mol. The summed E-state index contributed by atoms with van der Waals surface area (Å²) in [5.41, 5.74) is 0.753. The van der Waals surface area contributed by atoms with Gasteiger partial charge in [-0.2, -0.15) is 0 Å². The Morgan fingerprint density at radius 2 is 1.40 bits per heavy atom. The van der Waals surface area contributed by atoms with Crippen LogP contribution in [-0.2, 0) is 9.53 Å². The number of esters is 1. The fourth-order valence-corrected chi connectivity index (χ4v) is 2.14. The Kier molecular flexibility index (Phi) is 14.0. The van der Waals surface area contributed by atoms with E-state index < -0.39 is 0 Å². The molecule has 0 aromatic heterocycles. The van der Waals surface area contributed by atoms with Crippen molar-refractivity contribution in [3.05, 3.63) is 11.6 Å². The third-order valence-electron chi connectivity index (χ3n) is 3.54. The van der Waals surface area contributed by atoms with Crippen LogP contribution in [0.15, 0.2) is 11.6 Å². The van der Waals surface area contributed by atoms with E-state index in [9.17, 15) is 4.79 Å². The summed E-state index contributed by atoms with van der Waals surface area (Å²) in [5.74, 6) is -0.141. The van der Waals surface area contributed by atoms with Crippen LogP contribution in [-0.4, -0.2) is 12.6 Å². The van der Waals surface area contributed by atoms with E-state index in [0.717, 1.165) is 24.8 Å². The molecule has 0 aliphatic heterocycles. The van der Waals surface area contributed by atoms with Crippen molar-refractivity contribution >= 4 is 5.97 Å². The summed E-state index contributed by atoms with van der Waals surface area (Å²) < 4.78 is 5.25. The van der Waals surface area contributed by atoms with Gasteiger partial charge in [-0.25, -0.2) is 4.79 Å². The molecule has 0 amide bonds. The average molecular weight is 282 g/mol. The lowest BCUT2D eigenvalue weighted by atomic mass is 10.1. The summed E-state index contributed by atoms with van der Waals surface area (Å²) >= 11 is 0. The van der Waals surface area contributed by atoms with Crippen LogP contribution in [0, 0.1) is 0 Å². The molecule has 0 aliphatic rings. The molecule has 0 unspecified atom stereocenters. The van der Waals surface area contributed by atoms with Gasteiger partial charge in [0.2, 0.25) is 0 Å². The molecule has 0 spiro atoms. The van der Waals surface area contributed by atoms with E-state index in [1.54, 1.807) is 0 Å². The summed E-state index contributed by atoms with van der Waals surface area (Å²) in [4.78, 5) is 11.6. The van der Waals surface area contributed by atoms with Crippen LogP contribution >= 0.6 is 0 Å². The Morgan fingerprint density at radius 1 is 0.850 bits per heavy atom. The first kappa shape index (κ1) is 19.2. The second kappa shape index (κ2) is 14.6. The van der Waals surface area contributed by atoms with Crippen LogP contribution in [0.3, 0.4) is 0 Å². The molecule has 0 saturated heterocycles. The number of unbranched alkanes of at least 4 members (excludes halogenated alkanes) is 9. The van der Waals surface area contributed by atoms with Crippen LogP contribution in [0.4, 0.5) is 0 Å². The van der Waals surface area contributed by atoms with Gasteiger partial charge in [0, 0.05) is 5.57 Å². The predicted molar refractivity (Wildman–Crippen MR) is 86.9 cm³/mol. The number of carbonyl (C=O) groups is 1. The molecule has 0 aliphatic carbocycles. The minimum absolute atomic E-state index is 0.141. The first-order chi connectivity index (χ1) is 9.72. The Morgan fingerprint density at radius 3 is 1.95 bits per heavy atom. The zero-order valence-corrected chi connectivity index (χ0v) is 13.9. The highest BCUT2D eigenvalue weighted by molar-refractivity contribution is 5.87. The maximum atomic E-state index is 11.6. The van der Waals surface area contributed by atoms with Gasteiger partial charge in [-0.3, -0.25) is 0 Å². The van der Waals surface area contributed by atoms with Crippen molar-refractivity contribution in [2.24, 2.45) is 0 Å². The Bertz CT molecular complexity index is 256. The molecule has 0 aromatic carbocycles. The van der Waals surface area contributed by atoms with Gasteiger partial charge in [0.25, 0.3) is 0 Å². The third-order valence-corrected chi connectivity index (χ3v) is 3.54. The highest BCUT2D eigenvalue weighted by atomic mass is 16.5. The van der Waals surface area contributed by atoms with Crippen LogP contribution in [0.2, 0.25) is 0 Å². The van der Waals surface area contributed by atoms with Gasteiger partial charge in [-0.1, -0.05) is 77.7 Å². The standard InChI is InChI=1S/C18H34O2/c1-4-6-8-9-10-11-12-13-14-16-20-18(19)17(3)15-7-5-2/h15H,4-14,16H2,1-3H3. The third kappa shape index (κ3) is 12.3. The number of hydrogen-bond donors (Lipinski definition) is 0. The van der Waals surface area contributed by atoms with E-state index in [-0.39, 0.29) is 5.97 Å². The number of carbonyl (C=O) groups excluding carboxylic acids is 1. The fraction of sp³-hybridized carbons (Fsp3) is 0.833. The molecule has 0 N–H and O–H groups in total. The summed E-state index contributed by atoms with van der Waals surface area (Å²) in [6.45, 7) is 6.78. The summed E-state index contributed by atoms with van der Waals surface area (Å²) in [6, 6.07) is 0. The maximum Gasteiger partial charge on any atom is 0.333 e. The zero-order chi connectivity index (χ0) is 15.1. The van der Waals surface area contributed by atoms with E-state index in [0.29, 0.717) is 6.61 Å². The Labute approximate surface area is 126 Å². The van der Waals surface area contributed by atoms with E-state index in [1.807, 2.05) is 13.0 Å². The van der Waals surface area contributed by atoms with Crippen molar-refractivity contribution in [3.63, 3.8) is 0 Å². The number of ether oxygens (including phenoxy) is 1. The highest BCUT2D eigenvalue weighted by Gasteiger charge is 2.04. The summed E-state index contributed by atoms with van der Waals surface area (Å²) in [7, 11) is 0.